The molecule has 136 valence electrons. The van der Waals surface area contributed by atoms with Crippen molar-refractivity contribution < 1.29 is 31.5 Å². The average Bonchev–Trinajstić information content (AvgIpc) is 3.25. The second-order valence-electron chi connectivity index (χ2n) is 5.17. The molecule has 0 atom stereocenters. The van der Waals surface area contributed by atoms with Gasteiger partial charge in [-0.05, 0) is 37.1 Å². The third-order valence-electron chi connectivity index (χ3n) is 3.14. The lowest BCUT2D eigenvalue weighted by molar-refractivity contribution is -0.192. The van der Waals surface area contributed by atoms with Crippen molar-refractivity contribution in [3.63, 3.8) is 0 Å². The summed E-state index contributed by atoms with van der Waals surface area (Å²) in [4.78, 5) is 12.9. The van der Waals surface area contributed by atoms with E-state index in [9.17, 15) is 21.6 Å². The summed E-state index contributed by atoms with van der Waals surface area (Å²) in [5.74, 6) is -2.76. The fraction of sp³-hybridized carbons (Fsp3) is 0.286. The number of aromatic nitrogens is 2. The molecule has 0 amide bonds. The van der Waals surface area contributed by atoms with E-state index in [1.165, 1.54) is 0 Å². The molecular formula is C14H14F3N3O4S. The maximum atomic E-state index is 11.7. The van der Waals surface area contributed by atoms with E-state index in [0.29, 0.717) is 5.69 Å². The monoisotopic (exact) mass is 377 g/mol. The Balaban J connectivity index is 0.000000277. The normalized spacial score (nSPS) is 14.4. The first-order valence-corrected chi connectivity index (χ1v) is 8.54. The van der Waals surface area contributed by atoms with E-state index in [0.717, 1.165) is 18.5 Å². The first-order chi connectivity index (χ1) is 11.6. The fourth-order valence-electron chi connectivity index (χ4n) is 1.74. The molecule has 0 spiro atoms. The number of nitrogens with zero attached hydrogens (tertiary/aromatic N) is 2. The highest BCUT2D eigenvalue weighted by atomic mass is 32.2. The Labute approximate surface area is 141 Å². The molecule has 2 N–H and O–H groups in total. The average molecular weight is 377 g/mol. The number of alkyl halides is 3. The summed E-state index contributed by atoms with van der Waals surface area (Å²) >= 11 is 0. The SMILES string of the molecule is O=C(O)C(F)(F)F.O=S(=O)(Nc1ccc(-n2ccnc2)cc1)C1CC1. The number of rotatable bonds is 4. The summed E-state index contributed by atoms with van der Waals surface area (Å²) in [6.45, 7) is 0. The van der Waals surface area contributed by atoms with Gasteiger partial charge in [-0.15, -0.1) is 0 Å². The molecule has 1 aromatic heterocycles. The van der Waals surface area contributed by atoms with E-state index in [-0.39, 0.29) is 5.25 Å². The van der Waals surface area contributed by atoms with Gasteiger partial charge in [-0.2, -0.15) is 13.2 Å². The van der Waals surface area contributed by atoms with E-state index < -0.39 is 22.2 Å². The minimum Gasteiger partial charge on any atom is -0.475 e. The molecule has 0 radical (unpaired) electrons. The van der Waals surface area contributed by atoms with Crippen molar-refractivity contribution >= 4 is 21.7 Å². The zero-order valence-corrected chi connectivity index (χ0v) is 13.5. The number of aliphatic carboxylic acids is 1. The van der Waals surface area contributed by atoms with Gasteiger partial charge in [-0.25, -0.2) is 18.2 Å². The highest BCUT2D eigenvalue weighted by molar-refractivity contribution is 7.93. The molecule has 0 saturated heterocycles. The zero-order valence-electron chi connectivity index (χ0n) is 12.6. The summed E-state index contributed by atoms with van der Waals surface area (Å²) in [6.07, 6.45) is 1.68. The van der Waals surface area contributed by atoms with E-state index in [1.54, 1.807) is 24.7 Å². The Hall–Kier alpha value is -2.56. The van der Waals surface area contributed by atoms with Gasteiger partial charge in [0, 0.05) is 23.8 Å². The first kappa shape index (κ1) is 18.8. The Morgan fingerprint density at radius 2 is 1.80 bits per heavy atom. The molecule has 11 heteroatoms. The number of nitrogens with one attached hydrogen (secondary N) is 1. The third kappa shape index (κ3) is 5.48. The van der Waals surface area contributed by atoms with Crippen molar-refractivity contribution in [2.75, 3.05) is 4.72 Å². The van der Waals surface area contributed by atoms with Crippen LogP contribution in [0.5, 0.6) is 0 Å². The van der Waals surface area contributed by atoms with Crippen LogP contribution in [0.4, 0.5) is 18.9 Å². The van der Waals surface area contributed by atoms with Gasteiger partial charge in [0.05, 0.1) is 11.6 Å². The van der Waals surface area contributed by atoms with Gasteiger partial charge in [0.15, 0.2) is 0 Å². The topological polar surface area (TPSA) is 101 Å². The Morgan fingerprint density at radius 3 is 2.20 bits per heavy atom. The number of halogens is 3. The van der Waals surface area contributed by atoms with Gasteiger partial charge in [0.2, 0.25) is 10.0 Å². The minimum absolute atomic E-state index is 0.203. The van der Waals surface area contributed by atoms with Crippen molar-refractivity contribution in [1.82, 2.24) is 9.55 Å². The molecule has 1 aliphatic rings. The van der Waals surface area contributed by atoms with Crippen LogP contribution < -0.4 is 4.72 Å². The minimum atomic E-state index is -5.08. The van der Waals surface area contributed by atoms with Gasteiger partial charge in [0.1, 0.15) is 0 Å². The van der Waals surface area contributed by atoms with Gasteiger partial charge < -0.3 is 9.67 Å². The van der Waals surface area contributed by atoms with E-state index in [4.69, 9.17) is 9.90 Å². The van der Waals surface area contributed by atoms with E-state index in [2.05, 4.69) is 9.71 Å². The van der Waals surface area contributed by atoms with Crippen molar-refractivity contribution in [3.05, 3.63) is 43.0 Å². The number of carboxylic acid groups (broad SMARTS) is 1. The summed E-state index contributed by atoms with van der Waals surface area (Å²) < 4.78 is 59.7. The van der Waals surface area contributed by atoms with Crippen molar-refractivity contribution in [3.8, 4) is 5.69 Å². The van der Waals surface area contributed by atoms with E-state index >= 15 is 0 Å². The van der Waals surface area contributed by atoms with Crippen LogP contribution in [0.3, 0.4) is 0 Å². The number of anilines is 1. The summed E-state index contributed by atoms with van der Waals surface area (Å²) in [5.41, 5.74) is 1.55. The Kier molecular flexibility index (Phi) is 5.36. The Morgan fingerprint density at radius 1 is 1.24 bits per heavy atom. The third-order valence-corrected chi connectivity index (χ3v) is 5.00. The lowest BCUT2D eigenvalue weighted by Crippen LogP contribution is -2.21. The second-order valence-corrected chi connectivity index (χ2v) is 7.13. The molecule has 0 aliphatic heterocycles. The molecule has 1 saturated carbocycles. The molecule has 1 heterocycles. The van der Waals surface area contributed by atoms with Crippen LogP contribution in [-0.4, -0.2) is 40.5 Å². The number of carbonyl (C=O) groups is 1. The largest absolute Gasteiger partial charge is 0.490 e. The van der Waals surface area contributed by atoms with Crippen LogP contribution in [0.2, 0.25) is 0 Å². The van der Waals surface area contributed by atoms with Crippen LogP contribution in [0.25, 0.3) is 5.69 Å². The summed E-state index contributed by atoms with van der Waals surface area (Å²) in [7, 11) is -3.18. The van der Waals surface area contributed by atoms with Crippen LogP contribution in [0.1, 0.15) is 12.8 Å². The lowest BCUT2D eigenvalue weighted by atomic mass is 10.3. The first-order valence-electron chi connectivity index (χ1n) is 7.00. The number of sulfonamides is 1. The smallest absolute Gasteiger partial charge is 0.475 e. The lowest BCUT2D eigenvalue weighted by Gasteiger charge is -2.08. The van der Waals surface area contributed by atoms with Gasteiger partial charge >= 0.3 is 12.1 Å². The quantitative estimate of drug-likeness (QED) is 0.852. The predicted octanol–water partition coefficient (Wildman–Crippen LogP) is 2.41. The van der Waals surface area contributed by atoms with Gasteiger partial charge in [0.25, 0.3) is 0 Å². The highest BCUT2D eigenvalue weighted by Gasteiger charge is 2.38. The standard InChI is InChI=1S/C12H13N3O2S.C2HF3O2/c16-18(17,12-5-6-12)14-10-1-3-11(4-2-10)15-8-7-13-9-15;3-2(4,5)1(6)7/h1-4,7-9,12,14H,5-6H2;(H,6,7). The number of carboxylic acids is 1. The van der Waals surface area contributed by atoms with Crippen LogP contribution in [-0.2, 0) is 14.8 Å². The summed E-state index contributed by atoms with van der Waals surface area (Å²) in [6, 6.07) is 7.23. The molecule has 1 fully saturated rings. The predicted molar refractivity (Wildman–Crippen MR) is 82.8 cm³/mol. The molecular weight excluding hydrogens is 363 g/mol. The number of imidazole rings is 1. The molecule has 0 bridgehead atoms. The maximum absolute atomic E-state index is 11.7. The number of benzene rings is 1. The fourth-order valence-corrected chi connectivity index (χ4v) is 3.13. The van der Waals surface area contributed by atoms with Crippen LogP contribution >= 0.6 is 0 Å². The summed E-state index contributed by atoms with van der Waals surface area (Å²) in [5, 5.41) is 6.92. The molecule has 0 unspecified atom stereocenters. The van der Waals surface area contributed by atoms with Crippen LogP contribution in [0.15, 0.2) is 43.0 Å². The number of hydrogen-bond acceptors (Lipinski definition) is 4. The number of hydrogen-bond donors (Lipinski definition) is 2. The van der Waals surface area contributed by atoms with E-state index in [1.807, 2.05) is 22.9 Å². The van der Waals surface area contributed by atoms with Crippen molar-refractivity contribution in [2.45, 2.75) is 24.3 Å². The molecule has 7 nitrogen and oxygen atoms in total. The maximum Gasteiger partial charge on any atom is 0.490 e. The second kappa shape index (κ2) is 7.13. The zero-order chi connectivity index (χ0) is 18.7. The van der Waals surface area contributed by atoms with Gasteiger partial charge in [-0.3, -0.25) is 4.72 Å². The molecule has 3 rings (SSSR count). The molecule has 1 aliphatic carbocycles. The van der Waals surface area contributed by atoms with Crippen LogP contribution in [0, 0.1) is 0 Å². The Bertz CT molecular complexity index is 814. The molecule has 2 aromatic rings. The van der Waals surface area contributed by atoms with Gasteiger partial charge in [-0.1, -0.05) is 0 Å². The highest BCUT2D eigenvalue weighted by Crippen LogP contribution is 2.29. The van der Waals surface area contributed by atoms with Crippen molar-refractivity contribution in [2.24, 2.45) is 0 Å². The van der Waals surface area contributed by atoms with Crippen molar-refractivity contribution in [1.29, 1.82) is 0 Å². The molecule has 1 aromatic carbocycles. The molecule has 25 heavy (non-hydrogen) atoms.